The maximum Gasteiger partial charge on any atom is 0.195 e. The molecule has 0 bridgehead atoms. The van der Waals surface area contributed by atoms with Gasteiger partial charge in [-0.05, 0) is 62.5 Å². The number of carbonyl (C=O) groups is 2. The van der Waals surface area contributed by atoms with Gasteiger partial charge in [0.2, 0.25) is 0 Å². The SMILES string of the molecule is CC1=C(/C=C\C=O)C2=C(C)C3(CC3)[C@@](C)(O)C(=O)C2=C1. The van der Waals surface area contributed by atoms with Crippen molar-refractivity contribution >= 4 is 12.1 Å². The van der Waals surface area contributed by atoms with Crippen LogP contribution in [0.25, 0.3) is 0 Å². The van der Waals surface area contributed by atoms with Gasteiger partial charge in [-0.2, -0.15) is 0 Å². The van der Waals surface area contributed by atoms with Gasteiger partial charge in [-0.15, -0.1) is 0 Å². The summed E-state index contributed by atoms with van der Waals surface area (Å²) in [5.74, 6) is -0.190. The second kappa shape index (κ2) is 3.89. The second-order valence-corrected chi connectivity index (χ2v) is 6.13. The van der Waals surface area contributed by atoms with Crippen LogP contribution >= 0.6 is 0 Å². The van der Waals surface area contributed by atoms with Gasteiger partial charge in [-0.25, -0.2) is 0 Å². The van der Waals surface area contributed by atoms with E-state index in [-0.39, 0.29) is 5.78 Å². The number of hydrogen-bond donors (Lipinski definition) is 1. The Morgan fingerprint density at radius 3 is 2.50 bits per heavy atom. The zero-order valence-electron chi connectivity index (χ0n) is 12.0. The number of rotatable bonds is 2. The van der Waals surface area contributed by atoms with Crippen LogP contribution in [0.1, 0.15) is 33.6 Å². The third-order valence-corrected chi connectivity index (χ3v) is 5.13. The van der Waals surface area contributed by atoms with Gasteiger partial charge >= 0.3 is 0 Å². The Morgan fingerprint density at radius 2 is 1.95 bits per heavy atom. The molecule has 1 saturated carbocycles. The standard InChI is InChI=1S/C17H18O3/c1-10-9-13-14(12(10)5-4-8-18)11(2)17(6-7-17)16(3,20)15(13)19/h4-5,8-9,20H,6-7H2,1-3H3/b5-4-/t16-/m0/s1. The summed E-state index contributed by atoms with van der Waals surface area (Å²) in [7, 11) is 0. The van der Waals surface area contributed by atoms with Crippen LogP contribution in [0.5, 0.6) is 0 Å². The van der Waals surface area contributed by atoms with E-state index in [1.165, 1.54) is 6.08 Å². The Hall–Kier alpha value is -1.74. The van der Waals surface area contributed by atoms with Gasteiger partial charge in [0.25, 0.3) is 0 Å². The summed E-state index contributed by atoms with van der Waals surface area (Å²) in [5.41, 5.74) is 2.78. The van der Waals surface area contributed by atoms with E-state index < -0.39 is 11.0 Å². The van der Waals surface area contributed by atoms with Crippen molar-refractivity contribution < 1.29 is 14.7 Å². The Balaban J connectivity index is 2.23. The zero-order chi connectivity index (χ0) is 14.7. The molecule has 0 saturated heterocycles. The van der Waals surface area contributed by atoms with Crippen molar-refractivity contribution in [2.75, 3.05) is 0 Å². The molecule has 1 atom stereocenters. The molecule has 0 amide bonds. The van der Waals surface area contributed by atoms with Crippen LogP contribution < -0.4 is 0 Å². The van der Waals surface area contributed by atoms with Crippen LogP contribution in [0.2, 0.25) is 0 Å². The quantitative estimate of drug-likeness (QED) is 0.619. The number of allylic oxidation sites excluding steroid dienone is 6. The molecule has 104 valence electrons. The topological polar surface area (TPSA) is 54.4 Å². The van der Waals surface area contributed by atoms with Crippen molar-refractivity contribution in [2.24, 2.45) is 5.41 Å². The third kappa shape index (κ3) is 1.39. The van der Waals surface area contributed by atoms with E-state index in [0.717, 1.165) is 41.4 Å². The lowest BCUT2D eigenvalue weighted by molar-refractivity contribution is -0.137. The van der Waals surface area contributed by atoms with Crippen molar-refractivity contribution in [1.29, 1.82) is 0 Å². The number of hydrogen-bond acceptors (Lipinski definition) is 3. The first-order chi connectivity index (χ1) is 9.37. The number of aliphatic hydroxyl groups is 1. The van der Waals surface area contributed by atoms with E-state index in [2.05, 4.69) is 0 Å². The Labute approximate surface area is 118 Å². The van der Waals surface area contributed by atoms with Crippen LogP contribution in [-0.4, -0.2) is 22.8 Å². The molecule has 3 nitrogen and oxygen atoms in total. The lowest BCUT2D eigenvalue weighted by Gasteiger charge is -2.39. The van der Waals surface area contributed by atoms with E-state index in [1.807, 2.05) is 19.9 Å². The summed E-state index contributed by atoms with van der Waals surface area (Å²) in [5, 5.41) is 10.7. The fraction of sp³-hybridized carbons (Fsp3) is 0.412. The van der Waals surface area contributed by atoms with Crippen molar-refractivity contribution in [3.05, 3.63) is 46.1 Å². The molecule has 3 heteroatoms. The van der Waals surface area contributed by atoms with E-state index in [0.29, 0.717) is 5.57 Å². The molecule has 0 aromatic carbocycles. The highest BCUT2D eigenvalue weighted by Crippen LogP contribution is 2.64. The molecule has 0 aliphatic heterocycles. The molecule has 3 aliphatic rings. The average Bonchev–Trinajstić information content (AvgIpc) is 3.14. The monoisotopic (exact) mass is 270 g/mol. The predicted molar refractivity (Wildman–Crippen MR) is 76.0 cm³/mol. The smallest absolute Gasteiger partial charge is 0.195 e. The van der Waals surface area contributed by atoms with Crippen molar-refractivity contribution in [3.63, 3.8) is 0 Å². The van der Waals surface area contributed by atoms with E-state index in [9.17, 15) is 14.7 Å². The minimum absolute atomic E-state index is 0.190. The fourth-order valence-electron chi connectivity index (χ4n) is 3.71. The minimum atomic E-state index is -1.31. The highest BCUT2D eigenvalue weighted by atomic mass is 16.3. The van der Waals surface area contributed by atoms with Crippen LogP contribution in [-0.2, 0) is 9.59 Å². The van der Waals surface area contributed by atoms with Gasteiger partial charge in [-0.1, -0.05) is 11.6 Å². The summed E-state index contributed by atoms with van der Waals surface area (Å²) in [6.45, 7) is 5.57. The number of aldehydes is 1. The molecule has 3 aliphatic carbocycles. The summed E-state index contributed by atoms with van der Waals surface area (Å²) >= 11 is 0. The van der Waals surface area contributed by atoms with Crippen molar-refractivity contribution in [1.82, 2.24) is 0 Å². The highest BCUT2D eigenvalue weighted by molar-refractivity contribution is 6.11. The lowest BCUT2D eigenvalue weighted by Crippen LogP contribution is -2.49. The maximum absolute atomic E-state index is 12.6. The molecule has 1 spiro atoms. The third-order valence-electron chi connectivity index (χ3n) is 5.13. The molecule has 0 heterocycles. The first kappa shape index (κ1) is 13.3. The highest BCUT2D eigenvalue weighted by Gasteiger charge is 2.64. The van der Waals surface area contributed by atoms with Gasteiger partial charge in [-0.3, -0.25) is 9.59 Å². The molecule has 0 aromatic rings. The molecule has 1 N–H and O–H groups in total. The maximum atomic E-state index is 12.6. The number of carbonyl (C=O) groups excluding carboxylic acids is 2. The minimum Gasteiger partial charge on any atom is -0.381 e. The van der Waals surface area contributed by atoms with Gasteiger partial charge in [0.1, 0.15) is 11.9 Å². The normalized spacial score (nSPS) is 31.2. The molecular weight excluding hydrogens is 252 g/mol. The average molecular weight is 270 g/mol. The van der Waals surface area contributed by atoms with Crippen LogP contribution in [0.3, 0.4) is 0 Å². The fourth-order valence-corrected chi connectivity index (χ4v) is 3.71. The zero-order valence-corrected chi connectivity index (χ0v) is 12.0. The second-order valence-electron chi connectivity index (χ2n) is 6.13. The first-order valence-corrected chi connectivity index (χ1v) is 6.90. The molecule has 1 fully saturated rings. The largest absolute Gasteiger partial charge is 0.381 e. The molecule has 0 radical (unpaired) electrons. The molecule has 20 heavy (non-hydrogen) atoms. The molecule has 0 aromatic heterocycles. The number of ketones is 1. The van der Waals surface area contributed by atoms with Gasteiger partial charge in [0.15, 0.2) is 5.78 Å². The van der Waals surface area contributed by atoms with E-state index in [4.69, 9.17) is 0 Å². The molecular formula is C17H18O3. The van der Waals surface area contributed by atoms with Gasteiger partial charge < -0.3 is 5.11 Å². The van der Waals surface area contributed by atoms with Crippen LogP contribution in [0, 0.1) is 5.41 Å². The first-order valence-electron chi connectivity index (χ1n) is 6.90. The molecule has 0 unspecified atom stereocenters. The van der Waals surface area contributed by atoms with Gasteiger partial charge in [0, 0.05) is 11.0 Å². The Kier molecular flexibility index (Phi) is 2.58. The predicted octanol–water partition coefficient (Wildman–Crippen LogP) is 2.43. The summed E-state index contributed by atoms with van der Waals surface area (Å²) in [4.78, 5) is 23.2. The summed E-state index contributed by atoms with van der Waals surface area (Å²) < 4.78 is 0. The van der Waals surface area contributed by atoms with Crippen molar-refractivity contribution in [3.8, 4) is 0 Å². The summed E-state index contributed by atoms with van der Waals surface area (Å²) in [6.07, 6.45) is 7.47. The number of fused-ring (bicyclic) bond motifs is 1. The number of Topliss-reactive ketones (excluding diaryl/α,β-unsaturated/α-hetero) is 1. The van der Waals surface area contributed by atoms with Crippen LogP contribution in [0.4, 0.5) is 0 Å². The summed E-state index contributed by atoms with van der Waals surface area (Å²) in [6, 6.07) is 0. The van der Waals surface area contributed by atoms with E-state index in [1.54, 1.807) is 13.0 Å². The Morgan fingerprint density at radius 1 is 1.30 bits per heavy atom. The Bertz CT molecular complexity index is 650. The van der Waals surface area contributed by atoms with Crippen molar-refractivity contribution in [2.45, 2.75) is 39.2 Å². The van der Waals surface area contributed by atoms with Gasteiger partial charge in [0.05, 0.1) is 0 Å². The van der Waals surface area contributed by atoms with E-state index >= 15 is 0 Å². The molecule has 3 rings (SSSR count). The van der Waals surface area contributed by atoms with Crippen LogP contribution in [0.15, 0.2) is 46.1 Å². The lowest BCUT2D eigenvalue weighted by atomic mass is 9.67.